The van der Waals surface area contributed by atoms with Gasteiger partial charge in [0, 0.05) is 24.0 Å². The summed E-state index contributed by atoms with van der Waals surface area (Å²) in [4.78, 5) is 14.4. The van der Waals surface area contributed by atoms with E-state index in [9.17, 15) is 10.1 Å². The second-order valence-electron chi connectivity index (χ2n) is 4.21. The molecule has 0 atom stereocenters. The third kappa shape index (κ3) is 2.87. The van der Waals surface area contributed by atoms with Crippen LogP contribution < -0.4 is 0 Å². The number of nitro groups is 1. The van der Waals surface area contributed by atoms with Gasteiger partial charge in [0.05, 0.1) is 10.5 Å². The van der Waals surface area contributed by atoms with E-state index < -0.39 is 4.92 Å². The van der Waals surface area contributed by atoms with Crippen molar-refractivity contribution >= 4 is 17.8 Å². The third-order valence-electron chi connectivity index (χ3n) is 2.86. The summed E-state index contributed by atoms with van der Waals surface area (Å²) in [5.41, 5.74) is 2.61. The standard InChI is InChI=1S/C15H11N3O2/c1-11-2-3-12(8-15(11)18(19)20)4-5-13-6-7-17-10-14(13)9-16/h2-8,10H,1H3/b5-4+. The first-order valence-electron chi connectivity index (χ1n) is 5.89. The second-order valence-corrected chi connectivity index (χ2v) is 4.21. The van der Waals surface area contributed by atoms with Crippen molar-refractivity contribution in [2.75, 3.05) is 0 Å². The molecule has 0 radical (unpaired) electrons. The smallest absolute Gasteiger partial charge is 0.263 e. The highest BCUT2D eigenvalue weighted by Gasteiger charge is 2.09. The number of nitriles is 1. The summed E-state index contributed by atoms with van der Waals surface area (Å²) in [6.45, 7) is 1.70. The molecule has 5 heteroatoms. The van der Waals surface area contributed by atoms with E-state index in [0.29, 0.717) is 16.7 Å². The van der Waals surface area contributed by atoms with Gasteiger partial charge in [-0.15, -0.1) is 0 Å². The van der Waals surface area contributed by atoms with Gasteiger partial charge in [-0.1, -0.05) is 24.3 Å². The molecule has 0 aliphatic carbocycles. The number of hydrogen-bond acceptors (Lipinski definition) is 4. The van der Waals surface area contributed by atoms with Gasteiger partial charge in [0.25, 0.3) is 5.69 Å². The summed E-state index contributed by atoms with van der Waals surface area (Å²) >= 11 is 0. The average molecular weight is 265 g/mol. The molecule has 20 heavy (non-hydrogen) atoms. The summed E-state index contributed by atoms with van der Waals surface area (Å²) in [6.07, 6.45) is 6.56. The van der Waals surface area contributed by atoms with Gasteiger partial charge in [-0.05, 0) is 24.1 Å². The van der Waals surface area contributed by atoms with Gasteiger partial charge in [0.15, 0.2) is 0 Å². The molecule has 0 saturated carbocycles. The average Bonchev–Trinajstić information content (AvgIpc) is 2.46. The molecule has 0 spiro atoms. The molecule has 0 amide bonds. The molecule has 1 aromatic heterocycles. The number of rotatable bonds is 3. The highest BCUT2D eigenvalue weighted by atomic mass is 16.6. The summed E-state index contributed by atoms with van der Waals surface area (Å²) in [5, 5.41) is 19.8. The minimum Gasteiger partial charge on any atom is -0.263 e. The van der Waals surface area contributed by atoms with Gasteiger partial charge in [-0.2, -0.15) is 5.26 Å². The number of nitro benzene ring substituents is 1. The summed E-state index contributed by atoms with van der Waals surface area (Å²) < 4.78 is 0. The van der Waals surface area contributed by atoms with Crippen LogP contribution in [0.5, 0.6) is 0 Å². The molecule has 0 unspecified atom stereocenters. The Labute approximate surface area is 116 Å². The van der Waals surface area contributed by atoms with Crippen molar-refractivity contribution in [1.29, 1.82) is 5.26 Å². The number of benzene rings is 1. The van der Waals surface area contributed by atoms with E-state index >= 15 is 0 Å². The van der Waals surface area contributed by atoms with Crippen LogP contribution in [0.2, 0.25) is 0 Å². The fourth-order valence-corrected chi connectivity index (χ4v) is 1.76. The van der Waals surface area contributed by atoms with Crippen molar-refractivity contribution in [1.82, 2.24) is 4.98 Å². The maximum Gasteiger partial charge on any atom is 0.272 e. The molecule has 0 aliphatic heterocycles. The molecule has 5 nitrogen and oxygen atoms in total. The number of aromatic nitrogens is 1. The maximum absolute atomic E-state index is 10.9. The largest absolute Gasteiger partial charge is 0.272 e. The van der Waals surface area contributed by atoms with Gasteiger partial charge < -0.3 is 0 Å². The Morgan fingerprint density at radius 2 is 2.15 bits per heavy atom. The zero-order valence-corrected chi connectivity index (χ0v) is 10.8. The van der Waals surface area contributed by atoms with E-state index in [-0.39, 0.29) is 5.69 Å². The molecule has 0 saturated heterocycles. The van der Waals surface area contributed by atoms with Crippen LogP contribution in [0.3, 0.4) is 0 Å². The molecule has 0 fully saturated rings. The van der Waals surface area contributed by atoms with Crippen molar-refractivity contribution in [3.63, 3.8) is 0 Å². The first-order chi connectivity index (χ1) is 9.61. The van der Waals surface area contributed by atoms with Crippen LogP contribution in [0.1, 0.15) is 22.3 Å². The Kier molecular flexibility index (Phi) is 3.87. The topological polar surface area (TPSA) is 79.8 Å². The second kappa shape index (κ2) is 5.76. The highest BCUT2D eigenvalue weighted by Crippen LogP contribution is 2.21. The number of nitrogens with zero attached hydrogens (tertiary/aromatic N) is 3. The van der Waals surface area contributed by atoms with Gasteiger partial charge in [0.2, 0.25) is 0 Å². The molecule has 1 aromatic carbocycles. The normalized spacial score (nSPS) is 10.4. The molecule has 2 rings (SSSR count). The van der Waals surface area contributed by atoms with Crippen LogP contribution in [0.15, 0.2) is 36.7 Å². The van der Waals surface area contributed by atoms with Crippen LogP contribution in [0, 0.1) is 28.4 Å². The van der Waals surface area contributed by atoms with Crippen LogP contribution in [-0.2, 0) is 0 Å². The van der Waals surface area contributed by atoms with Crippen LogP contribution in [0.25, 0.3) is 12.2 Å². The lowest BCUT2D eigenvalue weighted by Gasteiger charge is -1.99. The highest BCUT2D eigenvalue weighted by molar-refractivity contribution is 5.73. The molecule has 2 aromatic rings. The maximum atomic E-state index is 10.9. The number of hydrogen-bond donors (Lipinski definition) is 0. The molecule has 0 aliphatic rings. The molecular formula is C15H11N3O2. The fraction of sp³-hybridized carbons (Fsp3) is 0.0667. The van der Waals surface area contributed by atoms with Crippen LogP contribution in [-0.4, -0.2) is 9.91 Å². The Balaban J connectivity index is 2.35. The molecule has 0 bridgehead atoms. The lowest BCUT2D eigenvalue weighted by atomic mass is 10.1. The summed E-state index contributed by atoms with van der Waals surface area (Å²) in [5.74, 6) is 0. The predicted molar refractivity (Wildman–Crippen MR) is 75.7 cm³/mol. The first-order valence-corrected chi connectivity index (χ1v) is 5.89. The first kappa shape index (κ1) is 13.4. The van der Waals surface area contributed by atoms with Crippen LogP contribution >= 0.6 is 0 Å². The number of pyridine rings is 1. The molecule has 1 heterocycles. The van der Waals surface area contributed by atoms with Gasteiger partial charge in [-0.25, -0.2) is 0 Å². The van der Waals surface area contributed by atoms with Crippen molar-refractivity contribution in [3.05, 3.63) is 69.0 Å². The summed E-state index contributed by atoms with van der Waals surface area (Å²) in [7, 11) is 0. The van der Waals surface area contributed by atoms with E-state index in [1.165, 1.54) is 12.3 Å². The number of aryl methyl sites for hydroxylation is 1. The zero-order chi connectivity index (χ0) is 14.5. The van der Waals surface area contributed by atoms with Gasteiger partial charge in [0.1, 0.15) is 6.07 Å². The fourth-order valence-electron chi connectivity index (χ4n) is 1.76. The quantitative estimate of drug-likeness (QED) is 0.629. The van der Waals surface area contributed by atoms with E-state index in [4.69, 9.17) is 5.26 Å². The van der Waals surface area contributed by atoms with E-state index in [2.05, 4.69) is 4.98 Å². The van der Waals surface area contributed by atoms with Crippen molar-refractivity contribution < 1.29 is 4.92 Å². The minimum atomic E-state index is -0.403. The Morgan fingerprint density at radius 1 is 1.35 bits per heavy atom. The summed E-state index contributed by atoms with van der Waals surface area (Å²) in [6, 6.07) is 8.78. The van der Waals surface area contributed by atoms with Crippen LogP contribution in [0.4, 0.5) is 5.69 Å². The lowest BCUT2D eigenvalue weighted by Crippen LogP contribution is -1.91. The Morgan fingerprint density at radius 3 is 2.85 bits per heavy atom. The van der Waals surface area contributed by atoms with Crippen molar-refractivity contribution in [3.8, 4) is 6.07 Å². The zero-order valence-electron chi connectivity index (χ0n) is 10.8. The van der Waals surface area contributed by atoms with E-state index in [0.717, 1.165) is 5.56 Å². The van der Waals surface area contributed by atoms with Gasteiger partial charge >= 0.3 is 0 Å². The van der Waals surface area contributed by atoms with E-state index in [1.54, 1.807) is 43.5 Å². The Bertz CT molecular complexity index is 730. The molecule has 98 valence electrons. The SMILES string of the molecule is Cc1ccc(/C=C/c2ccncc2C#N)cc1[N+](=O)[O-]. The third-order valence-corrected chi connectivity index (χ3v) is 2.86. The van der Waals surface area contributed by atoms with Crippen molar-refractivity contribution in [2.24, 2.45) is 0 Å². The van der Waals surface area contributed by atoms with Crippen molar-refractivity contribution in [2.45, 2.75) is 6.92 Å². The molecular weight excluding hydrogens is 254 g/mol. The minimum absolute atomic E-state index is 0.0855. The molecule has 0 N–H and O–H groups in total. The predicted octanol–water partition coefficient (Wildman–Crippen LogP) is 3.34. The van der Waals surface area contributed by atoms with E-state index in [1.807, 2.05) is 6.07 Å². The monoisotopic (exact) mass is 265 g/mol. The van der Waals surface area contributed by atoms with Gasteiger partial charge in [-0.3, -0.25) is 15.1 Å². The lowest BCUT2D eigenvalue weighted by molar-refractivity contribution is -0.385. The Hall–Kier alpha value is -3.00.